The van der Waals surface area contributed by atoms with Gasteiger partial charge in [-0.3, -0.25) is 0 Å². The van der Waals surface area contributed by atoms with Crippen LogP contribution in [-0.4, -0.2) is 6.54 Å². The van der Waals surface area contributed by atoms with Crippen LogP contribution in [0.4, 0.5) is 0 Å². The van der Waals surface area contributed by atoms with E-state index in [0.29, 0.717) is 16.6 Å². The molecule has 2 unspecified atom stereocenters. The Hall–Kier alpha value is -1.06. The SMILES string of the molecule is Cc1cccc(C(C)(N)C(CN)c2ccc(Cl)c(Cl)c2)c1. The first-order valence-corrected chi connectivity index (χ1v) is 7.63. The molecule has 0 aromatic heterocycles. The van der Waals surface area contributed by atoms with Gasteiger partial charge in [-0.2, -0.15) is 0 Å². The fraction of sp³-hybridized carbons (Fsp3) is 0.294. The summed E-state index contributed by atoms with van der Waals surface area (Å²) in [5.41, 5.74) is 15.3. The van der Waals surface area contributed by atoms with Crippen LogP contribution in [0.15, 0.2) is 42.5 Å². The van der Waals surface area contributed by atoms with E-state index in [1.54, 1.807) is 6.07 Å². The second-order valence-corrected chi connectivity index (χ2v) is 6.43. The van der Waals surface area contributed by atoms with Crippen LogP contribution in [0.2, 0.25) is 10.0 Å². The van der Waals surface area contributed by atoms with E-state index < -0.39 is 5.54 Å². The fourth-order valence-corrected chi connectivity index (χ4v) is 2.94. The maximum absolute atomic E-state index is 6.63. The number of hydrogen-bond acceptors (Lipinski definition) is 2. The second-order valence-electron chi connectivity index (χ2n) is 5.61. The topological polar surface area (TPSA) is 52.0 Å². The van der Waals surface area contributed by atoms with Gasteiger partial charge in [-0.15, -0.1) is 0 Å². The zero-order valence-corrected chi connectivity index (χ0v) is 13.7. The Morgan fingerprint density at radius 1 is 1.10 bits per heavy atom. The summed E-state index contributed by atoms with van der Waals surface area (Å²) in [6.45, 7) is 4.48. The summed E-state index contributed by atoms with van der Waals surface area (Å²) < 4.78 is 0. The molecule has 0 aliphatic carbocycles. The first-order chi connectivity index (χ1) is 9.86. The van der Waals surface area contributed by atoms with Gasteiger partial charge in [0.05, 0.1) is 10.0 Å². The van der Waals surface area contributed by atoms with Crippen LogP contribution in [0.3, 0.4) is 0 Å². The normalized spacial score (nSPS) is 15.5. The van der Waals surface area contributed by atoms with E-state index in [-0.39, 0.29) is 5.92 Å². The standard InChI is InChI=1S/C17H20Cl2N2/c1-11-4-3-5-13(8-11)17(2,21)14(10-20)12-6-7-15(18)16(19)9-12/h3-9,14H,10,20-21H2,1-2H3. The molecule has 0 spiro atoms. The molecule has 0 bridgehead atoms. The molecule has 0 aliphatic heterocycles. The fourth-order valence-electron chi connectivity index (χ4n) is 2.64. The molecule has 0 saturated heterocycles. The van der Waals surface area contributed by atoms with E-state index in [1.807, 2.05) is 31.2 Å². The van der Waals surface area contributed by atoms with Crippen molar-refractivity contribution < 1.29 is 0 Å². The van der Waals surface area contributed by atoms with Crippen molar-refractivity contribution in [1.29, 1.82) is 0 Å². The summed E-state index contributed by atoms with van der Waals surface area (Å²) in [5, 5.41) is 1.05. The highest BCUT2D eigenvalue weighted by atomic mass is 35.5. The minimum absolute atomic E-state index is 0.0472. The predicted molar refractivity (Wildman–Crippen MR) is 91.0 cm³/mol. The quantitative estimate of drug-likeness (QED) is 0.885. The molecule has 0 heterocycles. The molecule has 0 fully saturated rings. The molecule has 4 N–H and O–H groups in total. The first-order valence-electron chi connectivity index (χ1n) is 6.87. The summed E-state index contributed by atoms with van der Waals surface area (Å²) in [6, 6.07) is 13.8. The largest absolute Gasteiger partial charge is 0.330 e. The van der Waals surface area contributed by atoms with E-state index in [4.69, 9.17) is 34.7 Å². The minimum atomic E-state index is -0.585. The Morgan fingerprint density at radius 3 is 2.38 bits per heavy atom. The highest BCUT2D eigenvalue weighted by molar-refractivity contribution is 6.42. The molecule has 21 heavy (non-hydrogen) atoms. The molecule has 2 rings (SSSR count). The number of rotatable bonds is 4. The highest BCUT2D eigenvalue weighted by Gasteiger charge is 2.32. The Kier molecular flexibility index (Phi) is 4.95. The summed E-state index contributed by atoms with van der Waals surface area (Å²) in [5.74, 6) is -0.0472. The summed E-state index contributed by atoms with van der Waals surface area (Å²) in [7, 11) is 0. The zero-order chi connectivity index (χ0) is 15.6. The molecule has 0 amide bonds. The lowest BCUT2D eigenvalue weighted by Gasteiger charge is -2.35. The van der Waals surface area contributed by atoms with Crippen LogP contribution >= 0.6 is 23.2 Å². The first kappa shape index (κ1) is 16.3. The molecular weight excluding hydrogens is 303 g/mol. The second kappa shape index (κ2) is 6.37. The number of hydrogen-bond donors (Lipinski definition) is 2. The van der Waals surface area contributed by atoms with Gasteiger partial charge >= 0.3 is 0 Å². The van der Waals surface area contributed by atoms with Crippen LogP contribution in [0.5, 0.6) is 0 Å². The van der Waals surface area contributed by atoms with E-state index in [9.17, 15) is 0 Å². The number of nitrogens with two attached hydrogens (primary N) is 2. The van der Waals surface area contributed by atoms with Crippen molar-refractivity contribution in [1.82, 2.24) is 0 Å². The molecule has 0 radical (unpaired) electrons. The van der Waals surface area contributed by atoms with Crippen molar-refractivity contribution >= 4 is 23.2 Å². The van der Waals surface area contributed by atoms with Crippen molar-refractivity contribution in [2.75, 3.05) is 6.54 Å². The Labute approximate surface area is 136 Å². The van der Waals surface area contributed by atoms with Gasteiger partial charge < -0.3 is 11.5 Å². The van der Waals surface area contributed by atoms with Gasteiger partial charge in [-0.25, -0.2) is 0 Å². The van der Waals surface area contributed by atoms with Crippen LogP contribution in [0.25, 0.3) is 0 Å². The van der Waals surface area contributed by atoms with Gasteiger partial charge in [-0.1, -0.05) is 59.1 Å². The van der Waals surface area contributed by atoms with Gasteiger partial charge in [0.25, 0.3) is 0 Å². The molecule has 2 atom stereocenters. The highest BCUT2D eigenvalue weighted by Crippen LogP contribution is 2.36. The lowest BCUT2D eigenvalue weighted by Crippen LogP contribution is -2.43. The van der Waals surface area contributed by atoms with Crippen molar-refractivity contribution in [3.8, 4) is 0 Å². The van der Waals surface area contributed by atoms with Gasteiger partial charge in [0, 0.05) is 18.0 Å². The minimum Gasteiger partial charge on any atom is -0.330 e. The van der Waals surface area contributed by atoms with Crippen LogP contribution < -0.4 is 11.5 Å². The van der Waals surface area contributed by atoms with E-state index in [0.717, 1.165) is 11.1 Å². The molecular formula is C17H20Cl2N2. The zero-order valence-electron chi connectivity index (χ0n) is 12.2. The molecule has 112 valence electrons. The van der Waals surface area contributed by atoms with Gasteiger partial charge in [0.2, 0.25) is 0 Å². The predicted octanol–water partition coefficient (Wildman–Crippen LogP) is 4.22. The smallest absolute Gasteiger partial charge is 0.0595 e. The molecule has 4 heteroatoms. The third-order valence-corrected chi connectivity index (χ3v) is 4.68. The lowest BCUT2D eigenvalue weighted by molar-refractivity contribution is 0.394. The van der Waals surface area contributed by atoms with Gasteiger partial charge in [-0.05, 0) is 37.1 Å². The number of halogens is 2. The Morgan fingerprint density at radius 2 is 1.81 bits per heavy atom. The van der Waals surface area contributed by atoms with Crippen molar-refractivity contribution in [2.45, 2.75) is 25.3 Å². The average molecular weight is 323 g/mol. The third kappa shape index (κ3) is 3.41. The monoisotopic (exact) mass is 322 g/mol. The molecule has 0 saturated carbocycles. The maximum Gasteiger partial charge on any atom is 0.0595 e. The maximum atomic E-state index is 6.63. The van der Waals surface area contributed by atoms with Crippen LogP contribution in [0.1, 0.15) is 29.5 Å². The molecule has 0 aliphatic rings. The average Bonchev–Trinajstić information content (AvgIpc) is 2.43. The number of benzene rings is 2. The van der Waals surface area contributed by atoms with Crippen LogP contribution in [0, 0.1) is 6.92 Å². The van der Waals surface area contributed by atoms with Crippen molar-refractivity contribution in [3.63, 3.8) is 0 Å². The summed E-state index contributed by atoms with van der Waals surface area (Å²) in [4.78, 5) is 0. The van der Waals surface area contributed by atoms with Gasteiger partial charge in [0.1, 0.15) is 0 Å². The molecule has 2 nitrogen and oxygen atoms in total. The Bertz CT molecular complexity index is 638. The van der Waals surface area contributed by atoms with Crippen molar-refractivity contribution in [3.05, 3.63) is 69.2 Å². The Balaban J connectivity index is 2.45. The lowest BCUT2D eigenvalue weighted by atomic mass is 9.76. The van der Waals surface area contributed by atoms with E-state index in [2.05, 4.69) is 19.1 Å². The third-order valence-electron chi connectivity index (χ3n) is 3.95. The van der Waals surface area contributed by atoms with E-state index in [1.165, 1.54) is 5.56 Å². The molecule has 2 aromatic rings. The summed E-state index contributed by atoms with van der Waals surface area (Å²) >= 11 is 12.1. The summed E-state index contributed by atoms with van der Waals surface area (Å²) in [6.07, 6.45) is 0. The van der Waals surface area contributed by atoms with E-state index >= 15 is 0 Å². The van der Waals surface area contributed by atoms with Gasteiger partial charge in [0.15, 0.2) is 0 Å². The van der Waals surface area contributed by atoms with Crippen molar-refractivity contribution in [2.24, 2.45) is 11.5 Å². The number of aryl methyl sites for hydroxylation is 1. The molecule has 2 aromatic carbocycles. The van der Waals surface area contributed by atoms with Crippen LogP contribution in [-0.2, 0) is 5.54 Å².